The predicted octanol–water partition coefficient (Wildman–Crippen LogP) is 3.03. The van der Waals surface area contributed by atoms with Gasteiger partial charge in [0.1, 0.15) is 11.7 Å². The number of benzene rings is 1. The van der Waals surface area contributed by atoms with E-state index in [0.29, 0.717) is 0 Å². The van der Waals surface area contributed by atoms with Gasteiger partial charge in [0, 0.05) is 5.56 Å². The lowest BCUT2D eigenvalue weighted by atomic mass is 10.1. The van der Waals surface area contributed by atoms with E-state index in [0.717, 1.165) is 5.56 Å². The van der Waals surface area contributed by atoms with Crippen LogP contribution in [0.5, 0.6) is 0 Å². The first-order valence-electron chi connectivity index (χ1n) is 4.42. The zero-order valence-corrected chi connectivity index (χ0v) is 9.14. The molecule has 74 valence electrons. The molecule has 1 rings (SSSR count). The summed E-state index contributed by atoms with van der Waals surface area (Å²) in [7, 11) is 0. The molecule has 0 radical (unpaired) electrons. The van der Waals surface area contributed by atoms with Gasteiger partial charge in [-0.2, -0.15) is 0 Å². The second kappa shape index (κ2) is 5.05. The van der Waals surface area contributed by atoms with E-state index in [1.165, 1.54) is 0 Å². The van der Waals surface area contributed by atoms with E-state index in [-0.39, 0.29) is 6.07 Å². The molecule has 0 atom stereocenters. The highest BCUT2D eigenvalue weighted by molar-refractivity contribution is 6.17. The molecule has 1 aromatic rings. The fraction of sp³-hybridized carbons (Fsp3) is 0.333. The first-order valence-corrected chi connectivity index (χ1v) is 4.96. The van der Waals surface area contributed by atoms with Gasteiger partial charge < -0.3 is 4.74 Å². The van der Waals surface area contributed by atoms with Crippen molar-refractivity contribution in [1.29, 1.82) is 0 Å². The maximum atomic E-state index is 5.48. The van der Waals surface area contributed by atoms with E-state index in [1.54, 1.807) is 0 Å². The molecule has 14 heavy (non-hydrogen) atoms. The molecule has 0 fully saturated rings. The summed E-state index contributed by atoms with van der Waals surface area (Å²) in [6, 6.07) is 9.97. The second-order valence-electron chi connectivity index (χ2n) is 3.38. The molecule has 0 bridgehead atoms. The molecular weight excluding hydrogens is 196 g/mol. The largest absolute Gasteiger partial charge is 0.347 e. The third-order valence-corrected chi connectivity index (χ3v) is 1.81. The quantitative estimate of drug-likeness (QED) is 0.536. The van der Waals surface area contributed by atoms with Crippen molar-refractivity contribution in [3.05, 3.63) is 35.9 Å². The van der Waals surface area contributed by atoms with Crippen LogP contribution in [-0.2, 0) is 4.74 Å². The molecule has 0 aliphatic carbocycles. The average molecular weight is 209 g/mol. The van der Waals surface area contributed by atoms with Crippen molar-refractivity contribution in [3.63, 3.8) is 0 Å². The minimum Gasteiger partial charge on any atom is -0.347 e. The molecule has 0 saturated heterocycles. The third-order valence-electron chi connectivity index (χ3n) is 1.70. The molecular formula is C12H13ClO. The second-order valence-corrected chi connectivity index (χ2v) is 3.60. The van der Waals surface area contributed by atoms with Crippen molar-refractivity contribution >= 4 is 11.6 Å². The lowest BCUT2D eigenvalue weighted by molar-refractivity contribution is 0.0593. The van der Waals surface area contributed by atoms with Gasteiger partial charge >= 0.3 is 0 Å². The standard InChI is InChI=1S/C12H13ClO/c1-12(2,14-10-13)9-8-11-6-4-3-5-7-11/h3-7H,10H2,1-2H3. The molecule has 1 aromatic carbocycles. The topological polar surface area (TPSA) is 9.23 Å². The van der Waals surface area contributed by atoms with Crippen molar-refractivity contribution in [2.24, 2.45) is 0 Å². The van der Waals surface area contributed by atoms with Crippen molar-refractivity contribution in [3.8, 4) is 11.8 Å². The van der Waals surface area contributed by atoms with Crippen molar-refractivity contribution in [1.82, 2.24) is 0 Å². The van der Waals surface area contributed by atoms with E-state index in [2.05, 4.69) is 11.8 Å². The molecule has 0 N–H and O–H groups in total. The van der Waals surface area contributed by atoms with Crippen LogP contribution in [0.2, 0.25) is 0 Å². The number of ether oxygens (including phenoxy) is 1. The Kier molecular flexibility index (Phi) is 4.00. The van der Waals surface area contributed by atoms with E-state index in [4.69, 9.17) is 16.3 Å². The van der Waals surface area contributed by atoms with E-state index in [9.17, 15) is 0 Å². The molecule has 0 aliphatic heterocycles. The van der Waals surface area contributed by atoms with E-state index >= 15 is 0 Å². The fourth-order valence-corrected chi connectivity index (χ4v) is 1.19. The highest BCUT2D eigenvalue weighted by atomic mass is 35.5. The van der Waals surface area contributed by atoms with Crippen LogP contribution >= 0.6 is 11.6 Å². The Labute approximate surface area is 90.0 Å². The maximum absolute atomic E-state index is 5.48. The van der Waals surface area contributed by atoms with Crippen LogP contribution < -0.4 is 0 Å². The van der Waals surface area contributed by atoms with Gasteiger partial charge in [0.2, 0.25) is 0 Å². The Bertz CT molecular complexity index is 332. The van der Waals surface area contributed by atoms with E-state index < -0.39 is 5.60 Å². The number of rotatable bonds is 2. The summed E-state index contributed by atoms with van der Waals surface area (Å²) >= 11 is 5.48. The van der Waals surface area contributed by atoms with Crippen LogP contribution in [0.15, 0.2) is 30.3 Å². The van der Waals surface area contributed by atoms with Crippen LogP contribution in [0.25, 0.3) is 0 Å². The van der Waals surface area contributed by atoms with Crippen LogP contribution in [0.3, 0.4) is 0 Å². The first-order chi connectivity index (χ1) is 6.64. The summed E-state index contributed by atoms with van der Waals surface area (Å²) in [4.78, 5) is 0. The third kappa shape index (κ3) is 3.83. The van der Waals surface area contributed by atoms with Crippen molar-refractivity contribution in [2.75, 3.05) is 6.07 Å². The minimum atomic E-state index is -0.489. The number of hydrogen-bond acceptors (Lipinski definition) is 1. The van der Waals surface area contributed by atoms with Gasteiger partial charge in [-0.1, -0.05) is 41.6 Å². The summed E-state index contributed by atoms with van der Waals surface area (Å²) < 4.78 is 5.24. The molecule has 2 heteroatoms. The van der Waals surface area contributed by atoms with Crippen LogP contribution in [0, 0.1) is 11.8 Å². The van der Waals surface area contributed by atoms with Crippen molar-refractivity contribution in [2.45, 2.75) is 19.4 Å². The minimum absolute atomic E-state index is 0.163. The van der Waals surface area contributed by atoms with Crippen LogP contribution in [-0.4, -0.2) is 11.7 Å². The summed E-state index contributed by atoms with van der Waals surface area (Å²) in [5, 5.41) is 0. The smallest absolute Gasteiger partial charge is 0.125 e. The highest BCUT2D eigenvalue weighted by Crippen LogP contribution is 2.08. The van der Waals surface area contributed by atoms with Gasteiger partial charge in [-0.3, -0.25) is 0 Å². The SMILES string of the molecule is CC(C)(C#Cc1ccccc1)OCCl. The molecule has 1 nitrogen and oxygen atoms in total. The van der Waals surface area contributed by atoms with Gasteiger partial charge in [0.15, 0.2) is 0 Å². The van der Waals surface area contributed by atoms with Gasteiger partial charge in [-0.25, -0.2) is 0 Å². The monoisotopic (exact) mass is 208 g/mol. The highest BCUT2D eigenvalue weighted by Gasteiger charge is 2.12. The first kappa shape index (κ1) is 11.1. The molecule has 0 amide bonds. The Morgan fingerprint density at radius 2 is 1.93 bits per heavy atom. The van der Waals surface area contributed by atoms with Gasteiger partial charge in [-0.15, -0.1) is 0 Å². The number of hydrogen-bond donors (Lipinski definition) is 0. The van der Waals surface area contributed by atoms with Crippen molar-refractivity contribution < 1.29 is 4.74 Å². The normalized spacial score (nSPS) is 10.5. The lowest BCUT2D eigenvalue weighted by Gasteiger charge is -2.15. The molecule has 0 aromatic heterocycles. The summed E-state index contributed by atoms with van der Waals surface area (Å²) in [6.07, 6.45) is 0. The summed E-state index contributed by atoms with van der Waals surface area (Å²) in [5.41, 5.74) is 0.496. The number of halogens is 1. The Hall–Kier alpha value is -0.970. The van der Waals surface area contributed by atoms with Gasteiger partial charge in [0.25, 0.3) is 0 Å². The molecule has 0 unspecified atom stereocenters. The zero-order valence-electron chi connectivity index (χ0n) is 8.38. The Morgan fingerprint density at radius 3 is 2.50 bits per heavy atom. The van der Waals surface area contributed by atoms with Crippen LogP contribution in [0.1, 0.15) is 19.4 Å². The Morgan fingerprint density at radius 1 is 1.29 bits per heavy atom. The number of alkyl halides is 1. The molecule has 0 spiro atoms. The predicted molar refractivity (Wildman–Crippen MR) is 59.2 cm³/mol. The molecule has 0 aliphatic rings. The lowest BCUT2D eigenvalue weighted by Crippen LogP contribution is -2.21. The molecule has 0 saturated carbocycles. The maximum Gasteiger partial charge on any atom is 0.125 e. The zero-order chi connectivity index (χ0) is 10.4. The Balaban J connectivity index is 2.73. The average Bonchev–Trinajstić information content (AvgIpc) is 2.17. The van der Waals surface area contributed by atoms with E-state index in [1.807, 2.05) is 44.2 Å². The summed E-state index contributed by atoms with van der Waals surface area (Å²) in [6.45, 7) is 3.79. The van der Waals surface area contributed by atoms with Gasteiger partial charge in [-0.05, 0) is 26.0 Å². The summed E-state index contributed by atoms with van der Waals surface area (Å²) in [5.74, 6) is 6.06. The molecule has 0 heterocycles. The fourth-order valence-electron chi connectivity index (χ4n) is 0.917. The van der Waals surface area contributed by atoms with Gasteiger partial charge in [0.05, 0.1) is 0 Å². The van der Waals surface area contributed by atoms with Crippen LogP contribution in [0.4, 0.5) is 0 Å².